The second-order valence-electron chi connectivity index (χ2n) is 8.95. The van der Waals surface area contributed by atoms with E-state index in [9.17, 15) is 18.0 Å². The van der Waals surface area contributed by atoms with Gasteiger partial charge in [-0.05, 0) is 55.8 Å². The minimum Gasteiger partial charge on any atom is -0.369 e. The van der Waals surface area contributed by atoms with E-state index < -0.39 is 15.8 Å². The summed E-state index contributed by atoms with van der Waals surface area (Å²) in [7, 11) is -3.65. The second kappa shape index (κ2) is 10.1. The van der Waals surface area contributed by atoms with Crippen LogP contribution in [-0.2, 0) is 14.8 Å². The van der Waals surface area contributed by atoms with Gasteiger partial charge in [0.1, 0.15) is 5.75 Å². The zero-order valence-electron chi connectivity index (χ0n) is 19.8. The van der Waals surface area contributed by atoms with Gasteiger partial charge in [-0.2, -0.15) is 4.31 Å². The first-order chi connectivity index (χ1) is 16.2. The number of piperazine rings is 2. The third-order valence-electron chi connectivity index (χ3n) is 6.58. The molecule has 0 N–H and O–H groups in total. The summed E-state index contributed by atoms with van der Waals surface area (Å²) in [4.78, 5) is 30.2. The van der Waals surface area contributed by atoms with Gasteiger partial charge in [-0.15, -0.1) is 0 Å². The molecule has 2 fully saturated rings. The molecule has 0 unspecified atom stereocenters. The Balaban J connectivity index is 1.27. The number of rotatable bonds is 6. The number of hydrogen-bond donors (Lipinski definition) is 0. The fourth-order valence-electron chi connectivity index (χ4n) is 4.51. The number of sulfonamides is 1. The molecular formula is C25H32N4O4S. The third kappa shape index (κ3) is 5.59. The molecule has 0 spiro atoms. The lowest BCUT2D eigenvalue weighted by molar-refractivity contribution is -0.128. The summed E-state index contributed by atoms with van der Waals surface area (Å²) in [5, 5.41) is 0. The molecule has 1 amide bonds. The van der Waals surface area contributed by atoms with E-state index in [1.54, 1.807) is 17.0 Å². The molecule has 9 heteroatoms. The lowest BCUT2D eigenvalue weighted by Gasteiger charge is -2.37. The molecule has 2 heterocycles. The summed E-state index contributed by atoms with van der Waals surface area (Å²) < 4.78 is 27.3. The third-order valence-corrected chi connectivity index (χ3v) is 8.34. The van der Waals surface area contributed by atoms with E-state index in [2.05, 4.69) is 15.9 Å². The van der Waals surface area contributed by atoms with Crippen molar-refractivity contribution in [2.45, 2.75) is 13.8 Å². The predicted molar refractivity (Wildman–Crippen MR) is 134 cm³/mol. The van der Waals surface area contributed by atoms with Crippen molar-refractivity contribution in [2.75, 3.05) is 67.9 Å². The van der Waals surface area contributed by atoms with Crippen LogP contribution in [0.15, 0.2) is 48.5 Å². The van der Waals surface area contributed by atoms with Crippen LogP contribution < -0.4 is 9.80 Å². The van der Waals surface area contributed by atoms with Crippen LogP contribution in [-0.4, -0.2) is 87.4 Å². The molecule has 182 valence electrons. The number of aryl methyl sites for hydroxylation is 1. The molecule has 0 radical (unpaired) electrons. The fraction of sp³-hybridized carbons (Fsp3) is 0.440. The summed E-state index contributed by atoms with van der Waals surface area (Å²) in [6.07, 6.45) is 0. The van der Waals surface area contributed by atoms with E-state index in [1.165, 1.54) is 16.8 Å². The van der Waals surface area contributed by atoms with Gasteiger partial charge in [0.15, 0.2) is 5.78 Å². The Hall–Kier alpha value is -2.91. The average molecular weight is 485 g/mol. The number of hydrogen-bond acceptors (Lipinski definition) is 6. The standard InChI is InChI=1S/C25H32N4O4S/c1-20-4-3-5-24(18-20)27-14-16-29(17-15-27)34(32,33)19-25(31)28-12-10-26(11-13-28)23-8-6-22(7-9-23)21(2)30/h3-9,18H,10-17,19H2,1-2H3. The Morgan fingerprint density at radius 1 is 0.794 bits per heavy atom. The maximum atomic E-state index is 12.9. The first kappa shape index (κ1) is 24.2. The van der Waals surface area contributed by atoms with Crippen molar-refractivity contribution in [3.05, 3.63) is 59.7 Å². The fourth-order valence-corrected chi connectivity index (χ4v) is 5.91. The van der Waals surface area contributed by atoms with Crippen LogP contribution in [0.25, 0.3) is 0 Å². The number of carbonyl (C=O) groups excluding carboxylic acids is 2. The number of nitrogens with zero attached hydrogens (tertiary/aromatic N) is 4. The van der Waals surface area contributed by atoms with Gasteiger partial charge in [0.05, 0.1) is 0 Å². The van der Waals surface area contributed by atoms with E-state index in [4.69, 9.17) is 0 Å². The molecule has 0 atom stereocenters. The first-order valence-corrected chi connectivity index (χ1v) is 13.3. The Kier molecular flexibility index (Phi) is 7.23. The highest BCUT2D eigenvalue weighted by Gasteiger charge is 2.32. The van der Waals surface area contributed by atoms with Crippen molar-refractivity contribution in [1.29, 1.82) is 0 Å². The highest BCUT2D eigenvalue weighted by Crippen LogP contribution is 2.20. The largest absolute Gasteiger partial charge is 0.369 e. The first-order valence-electron chi connectivity index (χ1n) is 11.7. The monoisotopic (exact) mass is 484 g/mol. The lowest BCUT2D eigenvalue weighted by atomic mass is 10.1. The molecule has 34 heavy (non-hydrogen) atoms. The zero-order chi connectivity index (χ0) is 24.3. The van der Waals surface area contributed by atoms with Gasteiger partial charge in [-0.1, -0.05) is 12.1 Å². The Morgan fingerprint density at radius 3 is 1.97 bits per heavy atom. The van der Waals surface area contributed by atoms with Crippen molar-refractivity contribution in [3.8, 4) is 0 Å². The van der Waals surface area contributed by atoms with Crippen LogP contribution in [0.1, 0.15) is 22.8 Å². The van der Waals surface area contributed by atoms with Crippen molar-refractivity contribution >= 4 is 33.1 Å². The number of Topliss-reactive ketones (excluding diaryl/α,β-unsaturated/α-hetero) is 1. The minimum absolute atomic E-state index is 0.0275. The summed E-state index contributed by atoms with van der Waals surface area (Å²) in [6, 6.07) is 15.6. The number of benzene rings is 2. The SMILES string of the molecule is CC(=O)c1ccc(N2CCN(C(=O)CS(=O)(=O)N3CCN(c4cccc(C)c4)CC3)CC2)cc1. The van der Waals surface area contributed by atoms with E-state index in [1.807, 2.05) is 37.3 Å². The molecular weight excluding hydrogens is 452 g/mol. The number of ketones is 1. The molecule has 2 aliphatic rings. The van der Waals surface area contributed by atoms with Gasteiger partial charge in [0, 0.05) is 69.3 Å². The van der Waals surface area contributed by atoms with Crippen LogP contribution in [0, 0.1) is 6.92 Å². The highest BCUT2D eigenvalue weighted by atomic mass is 32.2. The van der Waals surface area contributed by atoms with Crippen LogP contribution >= 0.6 is 0 Å². The van der Waals surface area contributed by atoms with Gasteiger partial charge >= 0.3 is 0 Å². The number of carbonyl (C=O) groups is 2. The molecule has 2 aromatic rings. The molecule has 2 aliphatic heterocycles. The maximum absolute atomic E-state index is 12.9. The van der Waals surface area contributed by atoms with Gasteiger partial charge < -0.3 is 14.7 Å². The van der Waals surface area contributed by atoms with E-state index in [0.717, 1.165) is 11.4 Å². The molecule has 2 aromatic carbocycles. The van der Waals surface area contributed by atoms with E-state index in [-0.39, 0.29) is 11.7 Å². The smallest absolute Gasteiger partial charge is 0.239 e. The van der Waals surface area contributed by atoms with Gasteiger partial charge in [-0.3, -0.25) is 9.59 Å². The summed E-state index contributed by atoms with van der Waals surface area (Å²) in [5.41, 5.74) is 3.94. The van der Waals surface area contributed by atoms with Crippen LogP contribution in [0.2, 0.25) is 0 Å². The predicted octanol–water partition coefficient (Wildman–Crippen LogP) is 2.00. The minimum atomic E-state index is -3.65. The molecule has 4 rings (SSSR count). The molecule has 0 aliphatic carbocycles. The summed E-state index contributed by atoms with van der Waals surface area (Å²) in [6.45, 7) is 7.77. The second-order valence-corrected chi connectivity index (χ2v) is 10.9. The van der Waals surface area contributed by atoms with Gasteiger partial charge in [-0.25, -0.2) is 8.42 Å². The van der Waals surface area contributed by atoms with Crippen molar-refractivity contribution in [1.82, 2.24) is 9.21 Å². The lowest BCUT2D eigenvalue weighted by Crippen LogP contribution is -2.53. The Morgan fingerprint density at radius 2 is 1.38 bits per heavy atom. The van der Waals surface area contributed by atoms with Crippen LogP contribution in [0.5, 0.6) is 0 Å². The van der Waals surface area contributed by atoms with Gasteiger partial charge in [0.25, 0.3) is 0 Å². The van der Waals surface area contributed by atoms with Crippen LogP contribution in [0.3, 0.4) is 0 Å². The summed E-state index contributed by atoms with van der Waals surface area (Å²) in [5.74, 6) is -0.794. The zero-order valence-corrected chi connectivity index (χ0v) is 20.6. The van der Waals surface area contributed by atoms with Crippen molar-refractivity contribution in [2.24, 2.45) is 0 Å². The normalized spacial score (nSPS) is 17.6. The maximum Gasteiger partial charge on any atom is 0.239 e. The average Bonchev–Trinajstić information content (AvgIpc) is 2.84. The Labute approximate surface area is 201 Å². The number of anilines is 2. The van der Waals surface area contributed by atoms with Gasteiger partial charge in [0.2, 0.25) is 15.9 Å². The molecule has 8 nitrogen and oxygen atoms in total. The van der Waals surface area contributed by atoms with Crippen molar-refractivity contribution in [3.63, 3.8) is 0 Å². The van der Waals surface area contributed by atoms with E-state index >= 15 is 0 Å². The number of amides is 1. The molecule has 0 saturated carbocycles. The van der Waals surface area contributed by atoms with Crippen molar-refractivity contribution < 1.29 is 18.0 Å². The topological polar surface area (TPSA) is 81.2 Å². The molecule has 2 saturated heterocycles. The molecule has 0 aromatic heterocycles. The Bertz CT molecular complexity index is 1130. The van der Waals surface area contributed by atoms with E-state index in [0.29, 0.717) is 57.9 Å². The molecule has 0 bridgehead atoms. The summed E-state index contributed by atoms with van der Waals surface area (Å²) >= 11 is 0. The highest BCUT2D eigenvalue weighted by molar-refractivity contribution is 7.89. The van der Waals surface area contributed by atoms with Crippen LogP contribution in [0.4, 0.5) is 11.4 Å². The quantitative estimate of drug-likeness (QED) is 0.584.